The minimum atomic E-state index is -0.0871. The van der Waals surface area contributed by atoms with Crippen molar-refractivity contribution in [3.05, 3.63) is 29.8 Å². The number of aryl methyl sites for hydroxylation is 1. The van der Waals surface area contributed by atoms with Crippen molar-refractivity contribution in [2.75, 3.05) is 32.8 Å². The SMILES string of the molecule is Cc1ccccc1OC1CC2CN(C(=O)N3CC[C@@H]4OCC(=O)N[C@@H]4C3)CC2C1. The number of morpholine rings is 1. The van der Waals surface area contributed by atoms with Gasteiger partial charge in [0.25, 0.3) is 0 Å². The lowest BCUT2D eigenvalue weighted by atomic mass is 10.0. The maximum atomic E-state index is 13.1. The van der Waals surface area contributed by atoms with Gasteiger partial charge >= 0.3 is 6.03 Å². The molecule has 1 N–H and O–H groups in total. The molecule has 4 fully saturated rings. The predicted octanol–water partition coefficient (Wildman–Crippen LogP) is 1.79. The summed E-state index contributed by atoms with van der Waals surface area (Å²) < 4.78 is 11.9. The predicted molar refractivity (Wildman–Crippen MR) is 107 cm³/mol. The zero-order chi connectivity index (χ0) is 20.0. The second kappa shape index (κ2) is 7.52. The number of para-hydroxylation sites is 1. The number of rotatable bonds is 2. The second-order valence-electron chi connectivity index (χ2n) is 8.94. The molecule has 5 rings (SSSR count). The zero-order valence-electron chi connectivity index (χ0n) is 16.9. The molecule has 1 aliphatic carbocycles. The number of urea groups is 1. The van der Waals surface area contributed by atoms with E-state index >= 15 is 0 Å². The number of fused-ring (bicyclic) bond motifs is 2. The third-order valence-electron chi connectivity index (χ3n) is 6.96. The Bertz CT molecular complexity index is 786. The van der Waals surface area contributed by atoms with Gasteiger partial charge in [-0.05, 0) is 49.7 Å². The molecule has 7 heteroatoms. The number of likely N-dealkylation sites (tertiary alicyclic amines) is 2. The van der Waals surface area contributed by atoms with Crippen molar-refractivity contribution in [2.24, 2.45) is 11.8 Å². The van der Waals surface area contributed by atoms with Gasteiger partial charge in [-0.3, -0.25) is 4.79 Å². The Labute approximate surface area is 171 Å². The Kier molecular flexibility index (Phi) is 4.86. The molecule has 1 aromatic carbocycles. The summed E-state index contributed by atoms with van der Waals surface area (Å²) in [5.74, 6) is 1.92. The van der Waals surface area contributed by atoms with E-state index in [0.717, 1.165) is 38.1 Å². The minimum absolute atomic E-state index is 0.0362. The fraction of sp³-hybridized carbons (Fsp3) is 0.636. The number of piperidine rings is 1. The molecule has 0 spiro atoms. The average Bonchev–Trinajstić information content (AvgIpc) is 3.27. The van der Waals surface area contributed by atoms with Crippen LogP contribution in [0, 0.1) is 18.8 Å². The van der Waals surface area contributed by atoms with E-state index in [2.05, 4.69) is 18.3 Å². The zero-order valence-corrected chi connectivity index (χ0v) is 16.9. The van der Waals surface area contributed by atoms with Crippen molar-refractivity contribution in [1.82, 2.24) is 15.1 Å². The molecule has 4 atom stereocenters. The first-order valence-corrected chi connectivity index (χ1v) is 10.7. The molecule has 3 aliphatic heterocycles. The quantitative estimate of drug-likeness (QED) is 0.823. The van der Waals surface area contributed by atoms with Crippen molar-refractivity contribution in [2.45, 2.75) is 44.4 Å². The standard InChI is InChI=1S/C22H29N3O4/c1-14-4-2-3-5-19(14)29-17-8-15-10-25(11-16(15)9-17)22(27)24-7-6-20-18(12-24)23-21(26)13-28-20/h2-5,15-18,20H,6-13H2,1H3,(H,23,26)/t15?,16?,17?,18-,20+/m1/s1. The van der Waals surface area contributed by atoms with Crippen molar-refractivity contribution >= 4 is 11.9 Å². The largest absolute Gasteiger partial charge is 0.490 e. The molecule has 3 amide bonds. The summed E-state index contributed by atoms with van der Waals surface area (Å²) in [6.45, 7) is 5.07. The molecular weight excluding hydrogens is 370 g/mol. The third-order valence-corrected chi connectivity index (χ3v) is 6.96. The molecule has 1 aromatic rings. The van der Waals surface area contributed by atoms with E-state index in [4.69, 9.17) is 9.47 Å². The van der Waals surface area contributed by atoms with E-state index < -0.39 is 0 Å². The molecule has 3 heterocycles. The Morgan fingerprint density at radius 2 is 1.90 bits per heavy atom. The molecule has 4 aliphatic rings. The van der Waals surface area contributed by atoms with Gasteiger partial charge in [-0.25, -0.2) is 4.79 Å². The summed E-state index contributed by atoms with van der Waals surface area (Å²) in [5, 5.41) is 2.97. The highest BCUT2D eigenvalue weighted by Crippen LogP contribution is 2.40. The monoisotopic (exact) mass is 399 g/mol. The Morgan fingerprint density at radius 3 is 2.66 bits per heavy atom. The average molecular weight is 399 g/mol. The number of hydrogen-bond donors (Lipinski definition) is 1. The molecule has 7 nitrogen and oxygen atoms in total. The summed E-state index contributed by atoms with van der Waals surface area (Å²) in [6.07, 6.45) is 3.08. The van der Waals surface area contributed by atoms with Crippen LogP contribution in [0.4, 0.5) is 4.79 Å². The molecule has 1 saturated carbocycles. The highest BCUT2D eigenvalue weighted by molar-refractivity contribution is 5.79. The van der Waals surface area contributed by atoms with Crippen LogP contribution in [0.15, 0.2) is 24.3 Å². The number of benzene rings is 1. The van der Waals surface area contributed by atoms with Crippen molar-refractivity contribution in [3.63, 3.8) is 0 Å². The number of amides is 3. The Balaban J connectivity index is 1.15. The highest BCUT2D eigenvalue weighted by Gasteiger charge is 2.45. The minimum Gasteiger partial charge on any atom is -0.490 e. The number of carbonyl (C=O) groups excluding carboxylic acids is 2. The van der Waals surface area contributed by atoms with E-state index in [1.54, 1.807) is 0 Å². The van der Waals surface area contributed by atoms with Crippen LogP contribution >= 0.6 is 0 Å². The van der Waals surface area contributed by atoms with Crippen LogP contribution in [0.1, 0.15) is 24.8 Å². The van der Waals surface area contributed by atoms with Crippen molar-refractivity contribution in [3.8, 4) is 5.75 Å². The summed E-state index contributed by atoms with van der Waals surface area (Å²) in [6, 6.07) is 8.19. The van der Waals surface area contributed by atoms with Crippen LogP contribution in [0.25, 0.3) is 0 Å². The van der Waals surface area contributed by atoms with Gasteiger partial charge < -0.3 is 24.6 Å². The number of carbonyl (C=O) groups is 2. The summed E-state index contributed by atoms with van der Waals surface area (Å²) in [7, 11) is 0. The van der Waals surface area contributed by atoms with Gasteiger partial charge in [-0.2, -0.15) is 0 Å². The number of nitrogens with one attached hydrogen (secondary N) is 1. The van der Waals surface area contributed by atoms with Gasteiger partial charge in [0.15, 0.2) is 0 Å². The summed E-state index contributed by atoms with van der Waals surface area (Å²) in [4.78, 5) is 28.6. The van der Waals surface area contributed by atoms with Crippen LogP contribution in [0.5, 0.6) is 5.75 Å². The lowest BCUT2D eigenvalue weighted by Crippen LogP contribution is -2.62. The van der Waals surface area contributed by atoms with Crippen molar-refractivity contribution < 1.29 is 19.1 Å². The summed E-state index contributed by atoms with van der Waals surface area (Å²) >= 11 is 0. The molecule has 3 saturated heterocycles. The first-order chi connectivity index (χ1) is 14.1. The summed E-state index contributed by atoms with van der Waals surface area (Å²) in [5.41, 5.74) is 1.17. The third kappa shape index (κ3) is 3.68. The highest BCUT2D eigenvalue weighted by atomic mass is 16.5. The number of nitrogens with zero attached hydrogens (tertiary/aromatic N) is 2. The molecule has 2 unspecified atom stereocenters. The van der Waals surface area contributed by atoms with Crippen LogP contribution in [0.3, 0.4) is 0 Å². The van der Waals surface area contributed by atoms with Gasteiger partial charge in [-0.1, -0.05) is 18.2 Å². The second-order valence-corrected chi connectivity index (χ2v) is 8.94. The normalized spacial score (nSPS) is 33.8. The molecule has 0 aromatic heterocycles. The maximum absolute atomic E-state index is 13.1. The number of ether oxygens (including phenoxy) is 2. The fourth-order valence-electron chi connectivity index (χ4n) is 5.44. The Hall–Kier alpha value is -2.28. The van der Waals surface area contributed by atoms with Gasteiger partial charge in [-0.15, -0.1) is 0 Å². The van der Waals surface area contributed by atoms with E-state index in [-0.39, 0.29) is 36.8 Å². The van der Waals surface area contributed by atoms with Gasteiger partial charge in [0.2, 0.25) is 5.91 Å². The van der Waals surface area contributed by atoms with Crippen LogP contribution in [-0.2, 0) is 9.53 Å². The van der Waals surface area contributed by atoms with Gasteiger partial charge in [0.05, 0.1) is 18.2 Å². The Morgan fingerprint density at radius 1 is 1.14 bits per heavy atom. The topological polar surface area (TPSA) is 71.1 Å². The number of hydrogen-bond acceptors (Lipinski definition) is 4. The molecular formula is C22H29N3O4. The maximum Gasteiger partial charge on any atom is 0.320 e. The smallest absolute Gasteiger partial charge is 0.320 e. The van der Waals surface area contributed by atoms with E-state index in [1.165, 1.54) is 5.56 Å². The van der Waals surface area contributed by atoms with Crippen LogP contribution in [0.2, 0.25) is 0 Å². The first-order valence-electron chi connectivity index (χ1n) is 10.7. The van der Waals surface area contributed by atoms with E-state index in [1.807, 2.05) is 28.0 Å². The molecule has 0 radical (unpaired) electrons. The van der Waals surface area contributed by atoms with Gasteiger partial charge in [0.1, 0.15) is 12.4 Å². The van der Waals surface area contributed by atoms with E-state index in [9.17, 15) is 9.59 Å². The van der Waals surface area contributed by atoms with Crippen LogP contribution in [-0.4, -0.2) is 72.8 Å². The molecule has 156 valence electrons. The van der Waals surface area contributed by atoms with E-state index in [0.29, 0.717) is 24.9 Å². The first kappa shape index (κ1) is 18.7. The fourth-order valence-corrected chi connectivity index (χ4v) is 5.44. The lowest BCUT2D eigenvalue weighted by molar-refractivity contribution is -0.139. The molecule has 0 bridgehead atoms. The van der Waals surface area contributed by atoms with Crippen molar-refractivity contribution in [1.29, 1.82) is 0 Å². The van der Waals surface area contributed by atoms with Gasteiger partial charge in [0, 0.05) is 26.2 Å². The lowest BCUT2D eigenvalue weighted by Gasteiger charge is -2.42. The molecule has 29 heavy (non-hydrogen) atoms. The van der Waals surface area contributed by atoms with Crippen LogP contribution < -0.4 is 10.1 Å².